The predicted molar refractivity (Wildman–Crippen MR) is 144 cm³/mol. The number of aryl methyl sites for hydroxylation is 1. The van der Waals surface area contributed by atoms with Crippen LogP contribution in [0.25, 0.3) is 22.3 Å². The van der Waals surface area contributed by atoms with Gasteiger partial charge in [-0.3, -0.25) is 9.59 Å². The van der Waals surface area contributed by atoms with Crippen molar-refractivity contribution in [3.63, 3.8) is 0 Å². The van der Waals surface area contributed by atoms with Crippen LogP contribution in [-0.4, -0.2) is 28.5 Å². The summed E-state index contributed by atoms with van der Waals surface area (Å²) in [7, 11) is -1.30. The van der Waals surface area contributed by atoms with Crippen molar-refractivity contribution >= 4 is 24.8 Å². The molecule has 0 fully saturated rings. The molecule has 1 aliphatic carbocycles. The second kappa shape index (κ2) is 8.24. The zero-order valence-corrected chi connectivity index (χ0v) is 22.8. The van der Waals surface area contributed by atoms with Gasteiger partial charge in [-0.1, -0.05) is 52.5 Å². The molecule has 5 nitrogen and oxygen atoms in total. The zero-order valence-electron chi connectivity index (χ0n) is 21.8. The molecule has 0 saturated carbocycles. The number of Topliss-reactive ketones (excluding diaryl/α,β-unsaturated/α-hetero) is 1. The van der Waals surface area contributed by atoms with Gasteiger partial charge in [0, 0.05) is 36.6 Å². The van der Waals surface area contributed by atoms with E-state index in [4.69, 9.17) is 4.98 Å². The third kappa shape index (κ3) is 3.82. The molecule has 2 aromatic heterocycles. The van der Waals surface area contributed by atoms with E-state index >= 15 is 0 Å². The van der Waals surface area contributed by atoms with Gasteiger partial charge in [0.15, 0.2) is 5.78 Å². The summed E-state index contributed by atoms with van der Waals surface area (Å²) in [5.74, 6) is 0.229. The largest absolute Gasteiger partial charge is 0.377 e. The van der Waals surface area contributed by atoms with Crippen LogP contribution in [0, 0.1) is 0 Å². The number of hydrogen-bond acceptors (Lipinski definition) is 4. The van der Waals surface area contributed by atoms with Crippen molar-refractivity contribution in [2.75, 3.05) is 0 Å². The average Bonchev–Trinajstić information content (AvgIpc) is 3.17. The van der Waals surface area contributed by atoms with Crippen LogP contribution in [0.15, 0.2) is 29.1 Å². The van der Waals surface area contributed by atoms with Gasteiger partial charge in [0.05, 0.1) is 23.4 Å². The summed E-state index contributed by atoms with van der Waals surface area (Å²) in [5, 5.41) is 12.5. The van der Waals surface area contributed by atoms with Crippen LogP contribution < -0.4 is 5.56 Å². The molecular weight excluding hydrogens is 452 g/mol. The van der Waals surface area contributed by atoms with Gasteiger partial charge in [-0.15, -0.1) is 0 Å². The Morgan fingerprint density at radius 1 is 1.11 bits per heavy atom. The minimum Gasteiger partial charge on any atom is -0.377 e. The molecule has 6 heteroatoms. The molecule has 0 spiro atoms. The molecule has 0 amide bonds. The van der Waals surface area contributed by atoms with E-state index in [9.17, 15) is 14.7 Å². The summed E-state index contributed by atoms with van der Waals surface area (Å²) < 4.78 is 1.82. The highest BCUT2D eigenvalue weighted by Crippen LogP contribution is 2.41. The maximum atomic E-state index is 13.7. The monoisotopic (exact) mass is 488 g/mol. The highest BCUT2D eigenvalue weighted by molar-refractivity contribution is 6.76. The lowest BCUT2D eigenvalue weighted by Crippen LogP contribution is -2.43. The molecule has 1 atom stereocenters. The molecular formula is C29H36N2O3Si. The standard InChI is InChI=1S/C29H36N2O3Si/c1-7-29(34)23-15-25-27-22(16-31(25)28(33)20(23)9-11-26(29)32)19(12-13-35(4,5)6)21-14-18(17(2)3)8-10-24(21)30-27/h8,10,14-15,17,34H,7,9,11-13,16H2,1-6H3. The molecule has 35 heavy (non-hydrogen) atoms. The molecule has 1 N–H and O–H groups in total. The van der Waals surface area contributed by atoms with E-state index in [0.29, 0.717) is 30.0 Å². The molecule has 5 rings (SSSR count). The van der Waals surface area contributed by atoms with E-state index in [0.717, 1.165) is 34.9 Å². The lowest BCUT2D eigenvalue weighted by molar-refractivity contribution is -0.140. The SMILES string of the molecule is CCC1(O)C(=O)CCc2c1cc1n(c2=O)Cc2c-1nc1ccc(C(C)C)cc1c2CC[Si](C)(C)C. The molecule has 184 valence electrons. The van der Waals surface area contributed by atoms with Crippen molar-refractivity contribution in [1.29, 1.82) is 0 Å². The van der Waals surface area contributed by atoms with Gasteiger partial charge in [0.2, 0.25) is 0 Å². The van der Waals surface area contributed by atoms with Crippen LogP contribution in [0.3, 0.4) is 0 Å². The Balaban J connectivity index is 1.77. The van der Waals surface area contributed by atoms with Gasteiger partial charge in [-0.25, -0.2) is 4.98 Å². The summed E-state index contributed by atoms with van der Waals surface area (Å²) >= 11 is 0. The molecule has 2 aliphatic rings. The lowest BCUT2D eigenvalue weighted by Gasteiger charge is -2.32. The second-order valence-corrected chi connectivity index (χ2v) is 17.5. The second-order valence-electron chi connectivity index (χ2n) is 11.9. The number of carbonyl (C=O) groups excluding carboxylic acids is 1. The van der Waals surface area contributed by atoms with Crippen molar-refractivity contribution in [2.24, 2.45) is 0 Å². The number of aliphatic hydroxyl groups is 1. The minimum atomic E-state index is -1.59. The van der Waals surface area contributed by atoms with E-state index in [1.54, 1.807) is 6.92 Å². The smallest absolute Gasteiger partial charge is 0.254 e. The molecule has 1 unspecified atom stereocenters. The number of hydrogen-bond donors (Lipinski definition) is 1. The number of ketones is 1. The first kappa shape index (κ1) is 24.1. The van der Waals surface area contributed by atoms with Crippen LogP contribution >= 0.6 is 0 Å². The summed E-state index contributed by atoms with van der Waals surface area (Å²) in [6.07, 6.45) is 1.83. The fourth-order valence-corrected chi connectivity index (χ4v) is 6.71. The maximum absolute atomic E-state index is 13.7. The molecule has 1 aliphatic heterocycles. The van der Waals surface area contributed by atoms with Crippen LogP contribution in [0.5, 0.6) is 0 Å². The highest BCUT2D eigenvalue weighted by Gasteiger charge is 2.43. The summed E-state index contributed by atoms with van der Waals surface area (Å²) in [6, 6.07) is 9.59. The number of rotatable bonds is 5. The first-order chi connectivity index (χ1) is 16.4. The predicted octanol–water partition coefficient (Wildman–Crippen LogP) is 5.54. The Kier molecular flexibility index (Phi) is 5.68. The molecule has 3 heterocycles. The Morgan fingerprint density at radius 3 is 2.51 bits per heavy atom. The van der Waals surface area contributed by atoms with Crippen molar-refractivity contribution in [2.45, 2.75) is 90.2 Å². The molecule has 3 aromatic rings. The van der Waals surface area contributed by atoms with Gasteiger partial charge >= 0.3 is 0 Å². The van der Waals surface area contributed by atoms with Crippen LogP contribution in [0.2, 0.25) is 25.7 Å². The normalized spacial score (nSPS) is 19.3. The molecule has 1 aromatic carbocycles. The third-order valence-corrected chi connectivity index (χ3v) is 9.75. The van der Waals surface area contributed by atoms with Gasteiger partial charge in [-0.2, -0.15) is 0 Å². The first-order valence-electron chi connectivity index (χ1n) is 12.9. The van der Waals surface area contributed by atoms with Crippen molar-refractivity contribution in [1.82, 2.24) is 9.55 Å². The van der Waals surface area contributed by atoms with Crippen molar-refractivity contribution in [3.8, 4) is 11.4 Å². The van der Waals surface area contributed by atoms with E-state index in [2.05, 4.69) is 51.7 Å². The molecule has 0 saturated heterocycles. The number of aromatic nitrogens is 2. The summed E-state index contributed by atoms with van der Waals surface area (Å²) in [4.78, 5) is 31.4. The molecule has 0 bridgehead atoms. The zero-order chi connectivity index (χ0) is 25.3. The van der Waals surface area contributed by atoms with E-state index in [-0.39, 0.29) is 24.2 Å². The topological polar surface area (TPSA) is 72.2 Å². The average molecular weight is 489 g/mol. The number of fused-ring (bicyclic) bond motifs is 5. The maximum Gasteiger partial charge on any atom is 0.254 e. The fraction of sp³-hybridized carbons (Fsp3) is 0.483. The number of carbonyl (C=O) groups is 1. The Morgan fingerprint density at radius 2 is 1.86 bits per heavy atom. The van der Waals surface area contributed by atoms with Gasteiger partial charge in [-0.05, 0) is 54.5 Å². The summed E-state index contributed by atoms with van der Waals surface area (Å²) in [6.45, 7) is 13.9. The van der Waals surface area contributed by atoms with E-state index in [1.807, 2.05) is 10.6 Å². The lowest BCUT2D eigenvalue weighted by atomic mass is 9.77. The quantitative estimate of drug-likeness (QED) is 0.374. The van der Waals surface area contributed by atoms with Crippen molar-refractivity contribution < 1.29 is 9.90 Å². The van der Waals surface area contributed by atoms with Gasteiger partial charge < -0.3 is 9.67 Å². The van der Waals surface area contributed by atoms with E-state index < -0.39 is 13.7 Å². The van der Waals surface area contributed by atoms with Gasteiger partial charge in [0.25, 0.3) is 5.56 Å². The fourth-order valence-electron chi connectivity index (χ4n) is 5.71. The number of benzene rings is 1. The third-order valence-electron chi connectivity index (χ3n) is 8.00. The first-order valence-corrected chi connectivity index (χ1v) is 16.6. The number of pyridine rings is 2. The van der Waals surface area contributed by atoms with Crippen molar-refractivity contribution in [3.05, 3.63) is 62.4 Å². The molecule has 0 radical (unpaired) electrons. The van der Waals surface area contributed by atoms with Crippen LogP contribution in [0.1, 0.15) is 67.3 Å². The number of nitrogens with zero attached hydrogens (tertiary/aromatic N) is 2. The minimum absolute atomic E-state index is 0.0852. The Bertz CT molecular complexity index is 1430. The Labute approximate surface area is 208 Å². The van der Waals surface area contributed by atoms with Crippen LogP contribution in [-0.2, 0) is 29.8 Å². The Hall–Kier alpha value is -2.57. The summed E-state index contributed by atoms with van der Waals surface area (Å²) in [5.41, 5.74) is 5.63. The van der Waals surface area contributed by atoms with Gasteiger partial charge in [0.1, 0.15) is 5.60 Å². The van der Waals surface area contributed by atoms with Crippen LogP contribution in [0.4, 0.5) is 0 Å². The highest BCUT2D eigenvalue weighted by atomic mass is 28.3. The van der Waals surface area contributed by atoms with E-state index in [1.165, 1.54) is 16.5 Å².